The predicted octanol–water partition coefficient (Wildman–Crippen LogP) is 1.62. The molecule has 0 saturated heterocycles. The summed E-state index contributed by atoms with van der Waals surface area (Å²) in [6, 6.07) is 4.32. The Morgan fingerprint density at radius 1 is 1.62 bits per heavy atom. The molecule has 0 aliphatic heterocycles. The summed E-state index contributed by atoms with van der Waals surface area (Å²) >= 11 is 5.55. The molecule has 0 unspecified atom stereocenters. The van der Waals surface area contributed by atoms with Crippen LogP contribution in [0.5, 0.6) is 5.75 Å². The van der Waals surface area contributed by atoms with E-state index in [1.54, 1.807) is 0 Å². The monoisotopic (exact) mass is 195 g/mol. The quantitative estimate of drug-likeness (QED) is 0.669. The van der Waals surface area contributed by atoms with Crippen LogP contribution in [0.15, 0.2) is 18.2 Å². The number of rotatable bonds is 1. The minimum absolute atomic E-state index is 0.100. The minimum atomic E-state index is -0.568. The van der Waals surface area contributed by atoms with Crippen LogP contribution in [0.3, 0.4) is 0 Å². The zero-order valence-electron chi connectivity index (χ0n) is 6.54. The van der Waals surface area contributed by atoms with Crippen LogP contribution < -0.4 is 5.32 Å². The van der Waals surface area contributed by atoms with Gasteiger partial charge in [0.05, 0.1) is 5.02 Å². The highest BCUT2D eigenvalue weighted by Crippen LogP contribution is 2.25. The molecule has 0 heterocycles. The number of amides is 1. The molecule has 13 heavy (non-hydrogen) atoms. The molecule has 1 rings (SSSR count). The van der Waals surface area contributed by atoms with Gasteiger partial charge in [0.1, 0.15) is 5.75 Å². The summed E-state index contributed by atoms with van der Waals surface area (Å²) in [6.45, 7) is 0. The minimum Gasteiger partial charge on any atom is -0.506 e. The van der Waals surface area contributed by atoms with E-state index in [9.17, 15) is 4.79 Å². The normalized spacial score (nSPS) is 8.92. The lowest BCUT2D eigenvalue weighted by atomic mass is 10.3. The van der Waals surface area contributed by atoms with Gasteiger partial charge in [0.25, 0.3) is 5.91 Å². The highest BCUT2D eigenvalue weighted by atomic mass is 35.5. The number of nitrogens with one attached hydrogen (secondary N) is 1. The zero-order chi connectivity index (χ0) is 9.84. The fourth-order valence-electron chi connectivity index (χ4n) is 0.758. The van der Waals surface area contributed by atoms with E-state index in [-0.39, 0.29) is 10.8 Å². The Morgan fingerprint density at radius 2 is 2.31 bits per heavy atom. The first-order valence-corrected chi connectivity index (χ1v) is 3.77. The third-order valence-electron chi connectivity index (χ3n) is 1.34. The van der Waals surface area contributed by atoms with Gasteiger partial charge in [-0.15, -0.1) is 6.42 Å². The Labute approximate surface area is 80.3 Å². The van der Waals surface area contributed by atoms with Crippen molar-refractivity contribution in [2.45, 2.75) is 0 Å². The second-order valence-corrected chi connectivity index (χ2v) is 2.67. The van der Waals surface area contributed by atoms with Crippen LogP contribution in [-0.4, -0.2) is 11.0 Å². The molecule has 1 aromatic carbocycles. The third kappa shape index (κ3) is 2.39. The van der Waals surface area contributed by atoms with Crippen LogP contribution in [0, 0.1) is 12.3 Å². The number of phenols is 1. The smallest absolute Gasteiger partial charge is 0.300 e. The van der Waals surface area contributed by atoms with E-state index >= 15 is 0 Å². The largest absolute Gasteiger partial charge is 0.506 e. The Bertz CT molecular complexity index is 382. The second kappa shape index (κ2) is 3.83. The summed E-state index contributed by atoms with van der Waals surface area (Å²) in [7, 11) is 0. The fourth-order valence-corrected chi connectivity index (χ4v) is 0.875. The summed E-state index contributed by atoms with van der Waals surface area (Å²) < 4.78 is 0. The number of carbonyl (C=O) groups excluding carboxylic acids is 1. The summed E-state index contributed by atoms with van der Waals surface area (Å²) in [5.74, 6) is 1.21. The van der Waals surface area contributed by atoms with Gasteiger partial charge in [-0.05, 0) is 18.1 Å². The molecule has 4 heteroatoms. The van der Waals surface area contributed by atoms with E-state index in [1.807, 2.05) is 5.92 Å². The second-order valence-electron chi connectivity index (χ2n) is 2.26. The van der Waals surface area contributed by atoms with E-state index < -0.39 is 5.91 Å². The van der Waals surface area contributed by atoms with E-state index in [1.165, 1.54) is 18.2 Å². The SMILES string of the molecule is C#CC(=O)Nc1ccc(Cl)c(O)c1. The van der Waals surface area contributed by atoms with E-state index in [2.05, 4.69) is 5.32 Å². The van der Waals surface area contributed by atoms with Crippen LogP contribution in [0.2, 0.25) is 5.02 Å². The number of anilines is 1. The molecule has 0 bridgehead atoms. The molecule has 0 radical (unpaired) electrons. The van der Waals surface area contributed by atoms with Crippen LogP contribution in [0.1, 0.15) is 0 Å². The lowest BCUT2D eigenvalue weighted by Crippen LogP contribution is -2.07. The van der Waals surface area contributed by atoms with E-state index in [4.69, 9.17) is 23.1 Å². The first-order valence-electron chi connectivity index (χ1n) is 3.39. The van der Waals surface area contributed by atoms with E-state index in [0.29, 0.717) is 5.69 Å². The molecule has 0 aliphatic rings. The molecule has 0 aliphatic carbocycles. The topological polar surface area (TPSA) is 49.3 Å². The highest BCUT2D eigenvalue weighted by molar-refractivity contribution is 6.32. The first kappa shape index (κ1) is 9.43. The molecule has 3 nitrogen and oxygen atoms in total. The number of terminal acetylenes is 1. The van der Waals surface area contributed by atoms with Crippen molar-refractivity contribution in [2.75, 3.05) is 5.32 Å². The van der Waals surface area contributed by atoms with Crippen molar-refractivity contribution >= 4 is 23.2 Å². The van der Waals surface area contributed by atoms with Gasteiger partial charge >= 0.3 is 0 Å². The number of halogens is 1. The van der Waals surface area contributed by atoms with Gasteiger partial charge in [0.15, 0.2) is 0 Å². The van der Waals surface area contributed by atoms with Crippen molar-refractivity contribution in [1.29, 1.82) is 0 Å². The molecule has 0 fully saturated rings. The summed E-state index contributed by atoms with van der Waals surface area (Å²) in [5, 5.41) is 11.7. The van der Waals surface area contributed by atoms with Gasteiger partial charge in [-0.1, -0.05) is 11.6 Å². The lowest BCUT2D eigenvalue weighted by Gasteiger charge is -2.02. The van der Waals surface area contributed by atoms with Crippen molar-refractivity contribution < 1.29 is 9.90 Å². The molecule has 0 atom stereocenters. The van der Waals surface area contributed by atoms with Gasteiger partial charge < -0.3 is 10.4 Å². The van der Waals surface area contributed by atoms with Crippen LogP contribution in [0.4, 0.5) is 5.69 Å². The van der Waals surface area contributed by atoms with Crippen LogP contribution >= 0.6 is 11.6 Å². The average Bonchev–Trinajstić information content (AvgIpc) is 2.11. The number of benzene rings is 1. The van der Waals surface area contributed by atoms with Crippen molar-refractivity contribution in [3.8, 4) is 18.1 Å². The summed E-state index contributed by atoms with van der Waals surface area (Å²) in [6.07, 6.45) is 4.84. The first-order chi connectivity index (χ1) is 6.13. The predicted molar refractivity (Wildman–Crippen MR) is 50.6 cm³/mol. The maximum atomic E-state index is 10.7. The van der Waals surface area contributed by atoms with Gasteiger partial charge in [-0.3, -0.25) is 4.79 Å². The Kier molecular flexibility index (Phi) is 2.78. The number of phenolic OH excluding ortho intramolecular Hbond substituents is 1. The van der Waals surface area contributed by atoms with Gasteiger partial charge in [-0.25, -0.2) is 0 Å². The number of aromatic hydroxyl groups is 1. The molecule has 0 aromatic heterocycles. The Balaban J connectivity index is 2.87. The maximum Gasteiger partial charge on any atom is 0.300 e. The number of hydrogen-bond acceptors (Lipinski definition) is 2. The zero-order valence-corrected chi connectivity index (χ0v) is 7.30. The average molecular weight is 196 g/mol. The highest BCUT2D eigenvalue weighted by Gasteiger charge is 2.01. The van der Waals surface area contributed by atoms with Crippen molar-refractivity contribution in [3.63, 3.8) is 0 Å². The third-order valence-corrected chi connectivity index (χ3v) is 1.65. The molecule has 0 spiro atoms. The fraction of sp³-hybridized carbons (Fsp3) is 0. The van der Waals surface area contributed by atoms with Crippen molar-refractivity contribution in [1.82, 2.24) is 0 Å². The molecular weight excluding hydrogens is 190 g/mol. The number of hydrogen-bond donors (Lipinski definition) is 2. The Morgan fingerprint density at radius 3 is 2.85 bits per heavy atom. The summed E-state index contributed by atoms with van der Waals surface area (Å²) in [4.78, 5) is 10.7. The molecule has 66 valence electrons. The molecule has 0 saturated carbocycles. The van der Waals surface area contributed by atoms with E-state index in [0.717, 1.165) is 0 Å². The van der Waals surface area contributed by atoms with Gasteiger partial charge in [0, 0.05) is 11.8 Å². The lowest BCUT2D eigenvalue weighted by molar-refractivity contribution is -0.111. The molecule has 2 N–H and O–H groups in total. The maximum absolute atomic E-state index is 10.7. The standard InChI is InChI=1S/C9H6ClNO2/c1-2-9(13)11-6-3-4-7(10)8(12)5-6/h1,3-5,12H,(H,11,13). The summed E-state index contributed by atoms with van der Waals surface area (Å²) in [5.41, 5.74) is 0.407. The van der Waals surface area contributed by atoms with Crippen LogP contribution in [-0.2, 0) is 4.79 Å². The van der Waals surface area contributed by atoms with Gasteiger partial charge in [-0.2, -0.15) is 0 Å². The van der Waals surface area contributed by atoms with Crippen molar-refractivity contribution in [3.05, 3.63) is 23.2 Å². The molecule has 1 aromatic rings. The number of carbonyl (C=O) groups is 1. The van der Waals surface area contributed by atoms with Crippen LogP contribution in [0.25, 0.3) is 0 Å². The van der Waals surface area contributed by atoms with Crippen molar-refractivity contribution in [2.24, 2.45) is 0 Å². The Hall–Kier alpha value is -1.66. The molecule has 1 amide bonds. The van der Waals surface area contributed by atoms with Gasteiger partial charge in [0.2, 0.25) is 0 Å². The molecular formula is C9H6ClNO2.